The third-order valence-corrected chi connectivity index (χ3v) is 2.37. The van der Waals surface area contributed by atoms with Gasteiger partial charge in [0, 0.05) is 20.1 Å². The average molecular weight is 341 g/mol. The molecule has 0 atom stereocenters. The molecule has 0 aliphatic carbocycles. The normalized spacial score (nSPS) is 10.8. The number of rotatable bonds is 8. The number of nitrogens with zero attached hydrogens (tertiary/aromatic N) is 1. The molecule has 4 heteroatoms. The van der Waals surface area contributed by atoms with Gasteiger partial charge in [-0.1, -0.05) is 39.5 Å². The smallest absolute Gasteiger partial charge is 0.190 e. The molecule has 0 aliphatic rings. The molecular formula is C12H28IN3. The van der Waals surface area contributed by atoms with Crippen LogP contribution in [0.15, 0.2) is 4.99 Å². The van der Waals surface area contributed by atoms with Crippen molar-refractivity contribution in [3.8, 4) is 0 Å². The summed E-state index contributed by atoms with van der Waals surface area (Å²) >= 11 is 0. The molecule has 0 fully saturated rings. The second kappa shape index (κ2) is 15.0. The van der Waals surface area contributed by atoms with Crippen molar-refractivity contribution in [2.75, 3.05) is 20.1 Å². The third kappa shape index (κ3) is 12.1. The largest absolute Gasteiger partial charge is 0.356 e. The van der Waals surface area contributed by atoms with Crippen LogP contribution in [-0.4, -0.2) is 26.1 Å². The Morgan fingerprint density at radius 3 is 1.94 bits per heavy atom. The Kier molecular flexibility index (Phi) is 17.2. The van der Waals surface area contributed by atoms with Gasteiger partial charge in [-0.25, -0.2) is 0 Å². The summed E-state index contributed by atoms with van der Waals surface area (Å²) in [6.07, 6.45) is 7.61. The van der Waals surface area contributed by atoms with Crippen LogP contribution in [0.4, 0.5) is 0 Å². The Morgan fingerprint density at radius 1 is 0.875 bits per heavy atom. The van der Waals surface area contributed by atoms with Gasteiger partial charge in [0.25, 0.3) is 0 Å². The molecule has 0 radical (unpaired) electrons. The Bertz CT molecular complexity index is 160. The monoisotopic (exact) mass is 341 g/mol. The summed E-state index contributed by atoms with van der Waals surface area (Å²) in [6.45, 7) is 6.48. The molecule has 16 heavy (non-hydrogen) atoms. The molecule has 0 amide bonds. The summed E-state index contributed by atoms with van der Waals surface area (Å²) in [4.78, 5) is 4.17. The lowest BCUT2D eigenvalue weighted by Crippen LogP contribution is -2.38. The van der Waals surface area contributed by atoms with Crippen LogP contribution in [0.1, 0.15) is 52.4 Å². The minimum Gasteiger partial charge on any atom is -0.356 e. The summed E-state index contributed by atoms with van der Waals surface area (Å²) in [5, 5.41) is 6.63. The number of hydrogen-bond donors (Lipinski definition) is 2. The van der Waals surface area contributed by atoms with Crippen LogP contribution in [0.5, 0.6) is 0 Å². The molecule has 0 unspecified atom stereocenters. The first kappa shape index (κ1) is 18.4. The van der Waals surface area contributed by atoms with Crippen molar-refractivity contribution in [2.24, 2.45) is 4.99 Å². The van der Waals surface area contributed by atoms with E-state index in [1.165, 1.54) is 38.5 Å². The molecule has 0 bridgehead atoms. The van der Waals surface area contributed by atoms with Crippen LogP contribution in [-0.2, 0) is 0 Å². The summed E-state index contributed by atoms with van der Waals surface area (Å²) in [5.41, 5.74) is 0. The van der Waals surface area contributed by atoms with E-state index >= 15 is 0 Å². The first-order chi connectivity index (χ1) is 7.35. The van der Waals surface area contributed by atoms with E-state index in [0.29, 0.717) is 0 Å². The topological polar surface area (TPSA) is 36.4 Å². The lowest BCUT2D eigenvalue weighted by molar-refractivity contribution is 0.644. The third-order valence-electron chi connectivity index (χ3n) is 2.37. The van der Waals surface area contributed by atoms with Gasteiger partial charge in [-0.15, -0.1) is 24.0 Å². The molecule has 0 aliphatic heterocycles. The molecule has 0 spiro atoms. The Hall–Kier alpha value is 0. The maximum Gasteiger partial charge on any atom is 0.190 e. The number of hydrogen-bond acceptors (Lipinski definition) is 1. The second-order valence-electron chi connectivity index (χ2n) is 3.84. The predicted octanol–water partition coefficient (Wildman–Crippen LogP) is 3.15. The molecular weight excluding hydrogens is 313 g/mol. The lowest BCUT2D eigenvalue weighted by atomic mass is 10.2. The van der Waals surface area contributed by atoms with Gasteiger partial charge in [0.1, 0.15) is 0 Å². The second-order valence-corrected chi connectivity index (χ2v) is 3.84. The van der Waals surface area contributed by atoms with Crippen LogP contribution in [0.2, 0.25) is 0 Å². The van der Waals surface area contributed by atoms with Crippen LogP contribution >= 0.6 is 24.0 Å². The number of nitrogens with one attached hydrogen (secondary N) is 2. The van der Waals surface area contributed by atoms with Crippen LogP contribution < -0.4 is 10.6 Å². The van der Waals surface area contributed by atoms with Gasteiger partial charge in [0.15, 0.2) is 5.96 Å². The van der Waals surface area contributed by atoms with Crippen LogP contribution in [0.25, 0.3) is 0 Å². The van der Waals surface area contributed by atoms with Gasteiger partial charge in [-0.05, 0) is 12.8 Å². The van der Waals surface area contributed by atoms with E-state index in [2.05, 4.69) is 29.5 Å². The quantitative estimate of drug-likeness (QED) is 0.308. The molecule has 0 aromatic rings. The average Bonchev–Trinajstić information content (AvgIpc) is 2.26. The summed E-state index contributed by atoms with van der Waals surface area (Å²) in [7, 11) is 1.83. The Balaban J connectivity index is 0. The van der Waals surface area contributed by atoms with E-state index in [1.807, 2.05) is 7.05 Å². The maximum absolute atomic E-state index is 4.17. The van der Waals surface area contributed by atoms with Crippen molar-refractivity contribution in [2.45, 2.75) is 52.4 Å². The molecule has 3 nitrogen and oxygen atoms in total. The number of unbranched alkanes of at least 4 members (excludes halogenated alkanes) is 4. The van der Waals surface area contributed by atoms with E-state index in [1.54, 1.807) is 0 Å². The number of aliphatic imine (C=N–C) groups is 1. The highest BCUT2D eigenvalue weighted by Gasteiger charge is 1.95. The van der Waals surface area contributed by atoms with E-state index in [-0.39, 0.29) is 24.0 Å². The SMILES string of the molecule is CCCCCCNC(=NC)NCCCC.I. The maximum atomic E-state index is 4.17. The van der Waals surface area contributed by atoms with Crippen molar-refractivity contribution in [1.82, 2.24) is 10.6 Å². The van der Waals surface area contributed by atoms with Gasteiger partial charge in [0.05, 0.1) is 0 Å². The van der Waals surface area contributed by atoms with Gasteiger partial charge >= 0.3 is 0 Å². The molecule has 0 aromatic heterocycles. The Morgan fingerprint density at radius 2 is 1.44 bits per heavy atom. The zero-order valence-electron chi connectivity index (χ0n) is 11.0. The highest BCUT2D eigenvalue weighted by molar-refractivity contribution is 14.0. The summed E-state index contributed by atoms with van der Waals surface area (Å²) in [5.74, 6) is 0.944. The van der Waals surface area contributed by atoms with Gasteiger partial charge in [-0.3, -0.25) is 4.99 Å². The van der Waals surface area contributed by atoms with Crippen LogP contribution in [0.3, 0.4) is 0 Å². The molecule has 0 heterocycles. The van der Waals surface area contributed by atoms with Crippen molar-refractivity contribution in [3.63, 3.8) is 0 Å². The van der Waals surface area contributed by atoms with Crippen molar-refractivity contribution in [3.05, 3.63) is 0 Å². The summed E-state index contributed by atoms with van der Waals surface area (Å²) < 4.78 is 0. The zero-order valence-corrected chi connectivity index (χ0v) is 13.3. The van der Waals surface area contributed by atoms with Gasteiger partial charge in [-0.2, -0.15) is 0 Å². The minimum absolute atomic E-state index is 0. The first-order valence-corrected chi connectivity index (χ1v) is 6.29. The number of guanidine groups is 1. The molecule has 2 N–H and O–H groups in total. The molecule has 0 saturated carbocycles. The predicted molar refractivity (Wildman–Crippen MR) is 83.8 cm³/mol. The van der Waals surface area contributed by atoms with E-state index in [0.717, 1.165) is 19.0 Å². The first-order valence-electron chi connectivity index (χ1n) is 6.29. The van der Waals surface area contributed by atoms with Crippen molar-refractivity contribution < 1.29 is 0 Å². The number of halogens is 1. The fourth-order valence-corrected chi connectivity index (χ4v) is 1.36. The van der Waals surface area contributed by atoms with Crippen molar-refractivity contribution >= 4 is 29.9 Å². The fourth-order valence-electron chi connectivity index (χ4n) is 1.36. The van der Waals surface area contributed by atoms with Gasteiger partial charge < -0.3 is 10.6 Å². The summed E-state index contributed by atoms with van der Waals surface area (Å²) in [6, 6.07) is 0. The van der Waals surface area contributed by atoms with Crippen molar-refractivity contribution in [1.29, 1.82) is 0 Å². The van der Waals surface area contributed by atoms with Crippen LogP contribution in [0, 0.1) is 0 Å². The highest BCUT2D eigenvalue weighted by atomic mass is 127. The fraction of sp³-hybridized carbons (Fsp3) is 0.917. The minimum atomic E-state index is 0. The molecule has 98 valence electrons. The van der Waals surface area contributed by atoms with Gasteiger partial charge in [0.2, 0.25) is 0 Å². The zero-order chi connectivity index (χ0) is 11.4. The Labute approximate surface area is 118 Å². The molecule has 0 saturated heterocycles. The van der Waals surface area contributed by atoms with E-state index in [9.17, 15) is 0 Å². The van der Waals surface area contributed by atoms with E-state index in [4.69, 9.17) is 0 Å². The molecule has 0 rings (SSSR count). The molecule has 0 aromatic carbocycles. The highest BCUT2D eigenvalue weighted by Crippen LogP contribution is 1.96. The standard InChI is InChI=1S/C12H27N3.HI/c1-4-6-8-9-11-15-12(13-3)14-10-7-5-2;/h4-11H2,1-3H3,(H2,13,14,15);1H. The van der Waals surface area contributed by atoms with E-state index < -0.39 is 0 Å². The lowest BCUT2D eigenvalue weighted by Gasteiger charge is -2.11.